The number of alkyl halides is 1. The van der Waals surface area contributed by atoms with Crippen LogP contribution in [-0.4, -0.2) is 0 Å². The Kier molecular flexibility index (Phi) is 3.46. The monoisotopic (exact) mass is 316 g/mol. The third kappa shape index (κ3) is 2.35. The molecule has 0 spiro atoms. The zero-order chi connectivity index (χ0) is 13.4. The normalized spacial score (nSPS) is 15.3. The number of halogens is 1. The molecule has 0 saturated heterocycles. The second-order valence-corrected chi connectivity index (χ2v) is 6.09. The smallest absolute Gasteiger partial charge is 0.0725 e. The number of rotatable bonds is 2. The van der Waals surface area contributed by atoms with Gasteiger partial charge in [-0.2, -0.15) is 0 Å². The lowest BCUT2D eigenvalue weighted by molar-refractivity contribution is 0.134. The van der Waals surface area contributed by atoms with Gasteiger partial charge in [0.15, 0.2) is 0 Å². The van der Waals surface area contributed by atoms with Crippen molar-refractivity contribution in [2.45, 2.75) is 31.9 Å². The fourth-order valence-corrected chi connectivity index (χ4v) is 3.36. The number of fused-ring (bicyclic) bond motifs is 1. The van der Waals surface area contributed by atoms with E-state index >= 15 is 0 Å². The van der Waals surface area contributed by atoms with E-state index in [0.717, 1.165) is 13.2 Å². The molecular weight excluding hydrogens is 300 g/mol. The van der Waals surface area contributed by atoms with E-state index in [1.165, 1.54) is 33.4 Å². The Morgan fingerprint density at radius 1 is 1.05 bits per heavy atom. The van der Waals surface area contributed by atoms with Gasteiger partial charge >= 0.3 is 0 Å². The van der Waals surface area contributed by atoms with Crippen molar-refractivity contribution in [1.82, 2.24) is 0 Å². The summed E-state index contributed by atoms with van der Waals surface area (Å²) in [5.74, 6) is 0. The van der Waals surface area contributed by atoms with Crippen molar-refractivity contribution in [1.29, 1.82) is 0 Å². The van der Waals surface area contributed by atoms with Crippen LogP contribution in [0.4, 0.5) is 0 Å². The molecule has 0 radical (unpaired) electrons. The molecule has 0 amide bonds. The van der Waals surface area contributed by atoms with Crippen LogP contribution in [0.3, 0.4) is 0 Å². The molecule has 1 aliphatic rings. The van der Waals surface area contributed by atoms with E-state index in [1.807, 2.05) is 0 Å². The molecule has 0 saturated carbocycles. The van der Waals surface area contributed by atoms with Gasteiger partial charge in [0.05, 0.1) is 18.0 Å². The number of hydrogen-bond acceptors (Lipinski definition) is 1. The summed E-state index contributed by atoms with van der Waals surface area (Å²) in [4.78, 5) is 0.248. The van der Waals surface area contributed by atoms with Gasteiger partial charge in [-0.15, -0.1) is 0 Å². The lowest BCUT2D eigenvalue weighted by Gasteiger charge is -2.16. The molecule has 1 heterocycles. The zero-order valence-corrected chi connectivity index (χ0v) is 12.8. The van der Waals surface area contributed by atoms with Crippen LogP contribution < -0.4 is 0 Å². The first-order valence-electron chi connectivity index (χ1n) is 6.56. The minimum absolute atomic E-state index is 0.248. The Morgan fingerprint density at radius 2 is 1.84 bits per heavy atom. The molecule has 98 valence electrons. The van der Waals surface area contributed by atoms with Crippen LogP contribution in [0, 0.1) is 13.8 Å². The molecule has 19 heavy (non-hydrogen) atoms. The largest absolute Gasteiger partial charge is 0.372 e. The van der Waals surface area contributed by atoms with Crippen LogP contribution in [0.2, 0.25) is 0 Å². The van der Waals surface area contributed by atoms with Crippen LogP contribution in [0.5, 0.6) is 0 Å². The zero-order valence-electron chi connectivity index (χ0n) is 11.2. The standard InChI is InChI=1S/C17H17BrO/c1-11-4-3-5-16(12(11)2)17(18)13-6-7-14-9-19-10-15(14)8-13/h3-8,17H,9-10H2,1-2H3. The Bertz CT molecular complexity index is 619. The van der Waals surface area contributed by atoms with Gasteiger partial charge in [-0.25, -0.2) is 0 Å². The van der Waals surface area contributed by atoms with Gasteiger partial charge in [0.2, 0.25) is 0 Å². The Hall–Kier alpha value is -1.12. The highest BCUT2D eigenvalue weighted by Gasteiger charge is 2.17. The number of aryl methyl sites for hydroxylation is 1. The van der Waals surface area contributed by atoms with Crippen molar-refractivity contribution in [3.63, 3.8) is 0 Å². The predicted octanol–water partition coefficient (Wildman–Crippen LogP) is 4.82. The quantitative estimate of drug-likeness (QED) is 0.722. The molecule has 2 heteroatoms. The summed E-state index contributed by atoms with van der Waals surface area (Å²) in [6.07, 6.45) is 0. The molecule has 1 nitrogen and oxygen atoms in total. The van der Waals surface area contributed by atoms with Crippen molar-refractivity contribution < 1.29 is 4.74 Å². The average Bonchev–Trinajstić information content (AvgIpc) is 2.88. The summed E-state index contributed by atoms with van der Waals surface area (Å²) in [5.41, 5.74) is 8.00. The molecule has 1 atom stereocenters. The molecule has 0 aromatic heterocycles. The summed E-state index contributed by atoms with van der Waals surface area (Å²) in [6, 6.07) is 13.2. The molecule has 0 fully saturated rings. The Labute approximate surface area is 122 Å². The van der Waals surface area contributed by atoms with Crippen molar-refractivity contribution in [2.75, 3.05) is 0 Å². The van der Waals surface area contributed by atoms with Gasteiger partial charge in [-0.3, -0.25) is 0 Å². The maximum Gasteiger partial charge on any atom is 0.0725 e. The van der Waals surface area contributed by atoms with Crippen LogP contribution in [0.15, 0.2) is 36.4 Å². The number of hydrogen-bond donors (Lipinski definition) is 0. The summed E-state index contributed by atoms with van der Waals surface area (Å²) in [7, 11) is 0. The van der Waals surface area contributed by atoms with E-state index < -0.39 is 0 Å². The number of benzene rings is 2. The average molecular weight is 317 g/mol. The van der Waals surface area contributed by atoms with E-state index in [1.54, 1.807) is 0 Å². The maximum absolute atomic E-state index is 5.48. The highest BCUT2D eigenvalue weighted by atomic mass is 79.9. The highest BCUT2D eigenvalue weighted by molar-refractivity contribution is 9.09. The van der Waals surface area contributed by atoms with Crippen LogP contribution >= 0.6 is 15.9 Å². The summed E-state index contributed by atoms with van der Waals surface area (Å²) in [5, 5.41) is 0. The first-order valence-corrected chi connectivity index (χ1v) is 7.48. The van der Waals surface area contributed by atoms with Crippen LogP contribution in [0.25, 0.3) is 0 Å². The minimum Gasteiger partial charge on any atom is -0.372 e. The van der Waals surface area contributed by atoms with Gasteiger partial charge in [0.25, 0.3) is 0 Å². The third-order valence-corrected chi connectivity index (χ3v) is 4.98. The van der Waals surface area contributed by atoms with Crippen molar-refractivity contribution in [2.24, 2.45) is 0 Å². The number of ether oxygens (including phenoxy) is 1. The van der Waals surface area contributed by atoms with Crippen LogP contribution in [-0.2, 0) is 18.0 Å². The molecule has 3 rings (SSSR count). The lowest BCUT2D eigenvalue weighted by atomic mass is 9.95. The van der Waals surface area contributed by atoms with Crippen molar-refractivity contribution in [3.8, 4) is 0 Å². The second kappa shape index (κ2) is 5.10. The first-order chi connectivity index (χ1) is 9.16. The summed E-state index contributed by atoms with van der Waals surface area (Å²) < 4.78 is 5.48. The van der Waals surface area contributed by atoms with E-state index in [4.69, 9.17) is 4.74 Å². The molecule has 0 aliphatic carbocycles. The van der Waals surface area contributed by atoms with Gasteiger partial charge in [0.1, 0.15) is 0 Å². The second-order valence-electron chi connectivity index (χ2n) is 5.17. The summed E-state index contributed by atoms with van der Waals surface area (Å²) >= 11 is 3.85. The molecule has 1 unspecified atom stereocenters. The van der Waals surface area contributed by atoms with E-state index in [0.29, 0.717) is 0 Å². The molecule has 2 aromatic carbocycles. The maximum atomic E-state index is 5.48. The van der Waals surface area contributed by atoms with E-state index in [9.17, 15) is 0 Å². The van der Waals surface area contributed by atoms with E-state index in [2.05, 4.69) is 66.2 Å². The SMILES string of the molecule is Cc1cccc(C(Br)c2ccc3c(c2)COC3)c1C. The minimum atomic E-state index is 0.248. The van der Waals surface area contributed by atoms with Gasteiger partial charge in [0, 0.05) is 0 Å². The van der Waals surface area contributed by atoms with Gasteiger partial charge in [-0.1, -0.05) is 52.3 Å². The Balaban J connectivity index is 2.00. The molecule has 0 bridgehead atoms. The van der Waals surface area contributed by atoms with Gasteiger partial charge < -0.3 is 4.74 Å². The molecule has 1 aliphatic heterocycles. The summed E-state index contributed by atoms with van der Waals surface area (Å²) in [6.45, 7) is 5.85. The molecular formula is C17H17BrO. The molecule has 0 N–H and O–H groups in total. The third-order valence-electron chi connectivity index (χ3n) is 3.96. The first kappa shape index (κ1) is 12.9. The van der Waals surface area contributed by atoms with Crippen molar-refractivity contribution >= 4 is 15.9 Å². The fourth-order valence-electron chi connectivity index (χ4n) is 2.58. The van der Waals surface area contributed by atoms with Crippen molar-refractivity contribution in [3.05, 3.63) is 69.8 Å². The van der Waals surface area contributed by atoms with Gasteiger partial charge in [-0.05, 0) is 47.2 Å². The van der Waals surface area contributed by atoms with Crippen LogP contribution in [0.1, 0.15) is 38.2 Å². The van der Waals surface area contributed by atoms with E-state index in [-0.39, 0.29) is 4.83 Å². The Morgan fingerprint density at radius 3 is 2.68 bits per heavy atom. The predicted molar refractivity (Wildman–Crippen MR) is 81.6 cm³/mol. The molecule has 2 aromatic rings. The lowest BCUT2D eigenvalue weighted by Crippen LogP contribution is -1.98. The highest BCUT2D eigenvalue weighted by Crippen LogP contribution is 2.35. The topological polar surface area (TPSA) is 9.23 Å². The fraction of sp³-hybridized carbons (Fsp3) is 0.294.